The van der Waals surface area contributed by atoms with Crippen molar-refractivity contribution in [3.63, 3.8) is 0 Å². The SMILES string of the molecule is [C-]#[N+]\C(C#N)=C1/C(=C\C=C2\N(c3c(-c4ccc(-c5ccccc5)cc4)cc(C)cc3-c3ccc(-c4ccccc4)cc3)c3nc4ccccc4nc3N2c2c(C(C)C)cccc2C(C)C)C(=O)c2ccccc21. The van der Waals surface area contributed by atoms with Gasteiger partial charge in [0, 0.05) is 27.8 Å². The molecule has 0 fully saturated rings. The second-order valence-corrected chi connectivity index (χ2v) is 19.1. The minimum Gasteiger partial charge on any atom is -0.289 e. The molecule has 2 aliphatic rings. The number of aromatic nitrogens is 2. The standard InChI is InChI=1S/C66H50N6O/c1-41(2)50-24-17-25-51(42(3)4)62(50)71-60(37-36-54-61(59(40-67)68-6)52-22-13-14-23-53(52)64(54)73)72(66-65(71)69-57-26-15-16-27-58(57)70-66)63-55(48-32-28-46(29-33-48)44-18-9-7-10-19-44)38-43(5)39-56(63)49-34-30-47(31-35-49)45-20-11-8-12-21-45/h7-39,41-42H,1-5H3/b54-36+,60-37+,61-59-. The monoisotopic (exact) mass is 942 g/mol. The lowest BCUT2D eigenvalue weighted by atomic mass is 9.91. The van der Waals surface area contributed by atoms with Crippen LogP contribution < -0.4 is 9.80 Å². The van der Waals surface area contributed by atoms with Gasteiger partial charge in [-0.15, -0.1) is 0 Å². The normalized spacial score (nSPS) is 14.8. The van der Waals surface area contributed by atoms with Crippen LogP contribution in [0.2, 0.25) is 0 Å². The molecule has 1 aliphatic carbocycles. The van der Waals surface area contributed by atoms with Crippen LogP contribution >= 0.6 is 0 Å². The zero-order valence-electron chi connectivity index (χ0n) is 41.3. The van der Waals surface area contributed by atoms with Crippen LogP contribution in [-0.4, -0.2) is 15.8 Å². The molecule has 0 unspecified atom stereocenters. The van der Waals surface area contributed by atoms with Gasteiger partial charge in [0.15, 0.2) is 17.4 Å². The molecule has 0 spiro atoms. The molecule has 350 valence electrons. The summed E-state index contributed by atoms with van der Waals surface area (Å²) in [6, 6.07) is 66.6. The van der Waals surface area contributed by atoms with Crippen molar-refractivity contribution in [2.45, 2.75) is 46.5 Å². The maximum absolute atomic E-state index is 14.7. The Morgan fingerprint density at radius 2 is 0.973 bits per heavy atom. The van der Waals surface area contributed by atoms with Crippen LogP contribution in [-0.2, 0) is 0 Å². The molecule has 0 radical (unpaired) electrons. The van der Waals surface area contributed by atoms with Crippen molar-refractivity contribution in [2.75, 3.05) is 9.80 Å². The van der Waals surface area contributed by atoms with E-state index in [1.165, 1.54) is 0 Å². The molecule has 11 rings (SSSR count). The van der Waals surface area contributed by atoms with E-state index in [1.807, 2.05) is 60.7 Å². The number of ketones is 1. The largest absolute Gasteiger partial charge is 0.289 e. The lowest BCUT2D eigenvalue weighted by Crippen LogP contribution is -2.25. The zero-order valence-corrected chi connectivity index (χ0v) is 41.3. The van der Waals surface area contributed by atoms with Gasteiger partial charge in [-0.25, -0.2) is 20.1 Å². The van der Waals surface area contributed by atoms with Crippen molar-refractivity contribution < 1.29 is 4.79 Å². The van der Waals surface area contributed by atoms with Crippen LogP contribution in [0.4, 0.5) is 23.0 Å². The average Bonchev–Trinajstić information content (AvgIpc) is 3.88. The second kappa shape index (κ2) is 19.1. The van der Waals surface area contributed by atoms with Gasteiger partial charge in [-0.05, 0) is 111 Å². The Morgan fingerprint density at radius 3 is 1.45 bits per heavy atom. The van der Waals surface area contributed by atoms with Crippen molar-refractivity contribution in [3.8, 4) is 50.6 Å². The number of fused-ring (bicyclic) bond motifs is 3. The predicted octanol–water partition coefficient (Wildman–Crippen LogP) is 17.0. The molecule has 9 aromatic rings. The molecule has 0 atom stereocenters. The highest BCUT2D eigenvalue weighted by atomic mass is 16.1. The van der Waals surface area contributed by atoms with Crippen LogP contribution in [0.1, 0.15) is 72.1 Å². The summed E-state index contributed by atoms with van der Waals surface area (Å²) in [5.41, 5.74) is 16.5. The number of para-hydroxylation sites is 3. The van der Waals surface area contributed by atoms with Crippen molar-refractivity contribution in [2.24, 2.45) is 0 Å². The van der Waals surface area contributed by atoms with E-state index in [0.29, 0.717) is 34.2 Å². The molecule has 0 bridgehead atoms. The van der Waals surface area contributed by atoms with Gasteiger partial charge in [0.1, 0.15) is 5.82 Å². The number of rotatable bonds is 9. The summed E-state index contributed by atoms with van der Waals surface area (Å²) >= 11 is 0. The van der Waals surface area contributed by atoms with E-state index in [0.717, 1.165) is 83.6 Å². The second-order valence-electron chi connectivity index (χ2n) is 19.1. The Kier molecular flexibility index (Phi) is 12.0. The quantitative estimate of drug-likeness (QED) is 0.0815. The molecule has 73 heavy (non-hydrogen) atoms. The third-order valence-corrected chi connectivity index (χ3v) is 13.9. The molecule has 7 heteroatoms. The lowest BCUT2D eigenvalue weighted by molar-refractivity contribution is 0.104. The van der Waals surface area contributed by atoms with Crippen molar-refractivity contribution >= 4 is 45.4 Å². The number of aryl methyl sites for hydroxylation is 1. The predicted molar refractivity (Wildman–Crippen MR) is 297 cm³/mol. The van der Waals surface area contributed by atoms with Gasteiger partial charge in [-0.1, -0.05) is 191 Å². The van der Waals surface area contributed by atoms with Crippen LogP contribution in [0.15, 0.2) is 217 Å². The number of hydrogen-bond acceptors (Lipinski definition) is 6. The first kappa shape index (κ1) is 46.0. The maximum Gasteiger partial charge on any atom is 0.270 e. The summed E-state index contributed by atoms with van der Waals surface area (Å²) in [6.45, 7) is 19.1. The number of nitrogens with zero attached hydrogens (tertiary/aromatic N) is 6. The summed E-state index contributed by atoms with van der Waals surface area (Å²) in [5, 5.41) is 10.4. The minimum atomic E-state index is -0.256. The number of carbonyl (C=O) groups is 1. The summed E-state index contributed by atoms with van der Waals surface area (Å²) in [7, 11) is 0. The zero-order chi connectivity index (χ0) is 50.3. The molecule has 1 aliphatic heterocycles. The summed E-state index contributed by atoms with van der Waals surface area (Å²) in [5.74, 6) is 1.87. The highest BCUT2D eigenvalue weighted by Gasteiger charge is 2.42. The number of carbonyl (C=O) groups excluding carboxylic acids is 1. The molecule has 0 saturated heterocycles. The van der Waals surface area contributed by atoms with Crippen molar-refractivity contribution in [3.05, 3.63) is 257 Å². The van der Waals surface area contributed by atoms with Gasteiger partial charge >= 0.3 is 0 Å². The van der Waals surface area contributed by atoms with Gasteiger partial charge in [-0.3, -0.25) is 14.6 Å². The van der Waals surface area contributed by atoms with E-state index in [2.05, 4.69) is 183 Å². The Morgan fingerprint density at radius 1 is 0.534 bits per heavy atom. The molecule has 0 amide bonds. The smallest absolute Gasteiger partial charge is 0.270 e. The number of hydrogen-bond donors (Lipinski definition) is 0. The third kappa shape index (κ3) is 8.18. The molecule has 2 heterocycles. The molecule has 0 N–H and O–H groups in total. The Balaban J connectivity index is 1.27. The lowest BCUT2D eigenvalue weighted by Gasteiger charge is -2.32. The van der Waals surface area contributed by atoms with E-state index < -0.39 is 0 Å². The first-order chi connectivity index (χ1) is 35.6. The molecule has 8 aromatic carbocycles. The first-order valence-electron chi connectivity index (χ1n) is 24.7. The molecule has 7 nitrogen and oxygen atoms in total. The van der Waals surface area contributed by atoms with Crippen LogP contribution in [0.5, 0.6) is 0 Å². The van der Waals surface area contributed by atoms with Gasteiger partial charge in [-0.2, -0.15) is 0 Å². The van der Waals surface area contributed by atoms with E-state index in [-0.39, 0.29) is 28.9 Å². The molecule has 0 saturated carbocycles. The number of anilines is 4. The fourth-order valence-electron chi connectivity index (χ4n) is 10.4. The van der Waals surface area contributed by atoms with E-state index in [1.54, 1.807) is 12.1 Å². The van der Waals surface area contributed by atoms with Gasteiger partial charge in [0.05, 0.1) is 35.0 Å². The maximum atomic E-state index is 14.7. The van der Waals surface area contributed by atoms with Gasteiger partial charge in [0.25, 0.3) is 5.70 Å². The van der Waals surface area contributed by atoms with Gasteiger partial charge < -0.3 is 0 Å². The van der Waals surface area contributed by atoms with E-state index >= 15 is 0 Å². The molecule has 1 aromatic heterocycles. The number of allylic oxidation sites excluding steroid dienone is 5. The fourth-order valence-corrected chi connectivity index (χ4v) is 10.4. The molecular weight excluding hydrogens is 893 g/mol. The summed E-state index contributed by atoms with van der Waals surface area (Å²) < 4.78 is 0. The topological polar surface area (TPSA) is 77.5 Å². The third-order valence-electron chi connectivity index (χ3n) is 13.9. The van der Waals surface area contributed by atoms with Crippen molar-refractivity contribution in [1.82, 2.24) is 9.97 Å². The first-order valence-corrected chi connectivity index (χ1v) is 24.7. The van der Waals surface area contributed by atoms with Gasteiger partial charge in [0.2, 0.25) is 0 Å². The number of nitriles is 1. The summed E-state index contributed by atoms with van der Waals surface area (Å²) in [4.78, 5) is 34.0. The van der Waals surface area contributed by atoms with E-state index in [9.17, 15) is 10.1 Å². The van der Waals surface area contributed by atoms with Crippen LogP contribution in [0.25, 0.3) is 66.0 Å². The fraction of sp³-hybridized carbons (Fsp3) is 0.106. The Labute approximate surface area is 426 Å². The Hall–Kier alpha value is -9.43. The average molecular weight is 943 g/mol. The molecular formula is C66H50N6O. The number of benzene rings is 8. The Bertz CT molecular complexity index is 3690. The highest BCUT2D eigenvalue weighted by Crippen LogP contribution is 2.56. The van der Waals surface area contributed by atoms with Crippen LogP contribution in [0, 0.1) is 24.8 Å². The number of Topliss-reactive ketones (excluding diaryl/α,β-unsaturated/α-hetero) is 1. The minimum absolute atomic E-state index is 0.105. The van der Waals surface area contributed by atoms with Crippen molar-refractivity contribution in [1.29, 1.82) is 5.26 Å². The van der Waals surface area contributed by atoms with E-state index in [4.69, 9.17) is 16.5 Å². The highest BCUT2D eigenvalue weighted by molar-refractivity contribution is 6.27. The van der Waals surface area contributed by atoms with Crippen LogP contribution in [0.3, 0.4) is 0 Å². The summed E-state index contributed by atoms with van der Waals surface area (Å²) in [6.07, 6.45) is 3.77.